The molecular weight excluding hydrogens is 270 g/mol. The minimum atomic E-state index is -0.360. The van der Waals surface area contributed by atoms with Gasteiger partial charge in [-0.25, -0.2) is 4.39 Å². The molecule has 0 saturated carbocycles. The minimum Gasteiger partial charge on any atom is -0.403 e. The Hall–Kier alpha value is -1.17. The lowest BCUT2D eigenvalue weighted by atomic mass is 9.83. The molecule has 5 heteroatoms. The van der Waals surface area contributed by atoms with E-state index in [1.165, 1.54) is 12.1 Å². The van der Waals surface area contributed by atoms with Crippen LogP contribution in [0.25, 0.3) is 5.57 Å². The van der Waals surface area contributed by atoms with Crippen LogP contribution in [0.4, 0.5) is 4.39 Å². The smallest absolute Gasteiger partial charge is 0.403 e. The Morgan fingerprint density at radius 1 is 1.14 bits per heavy atom. The van der Waals surface area contributed by atoms with Crippen molar-refractivity contribution in [3.05, 3.63) is 41.7 Å². The zero-order valence-corrected chi connectivity index (χ0v) is 13.0. The van der Waals surface area contributed by atoms with E-state index in [-0.39, 0.29) is 30.7 Å². The van der Waals surface area contributed by atoms with Crippen molar-refractivity contribution in [1.82, 2.24) is 0 Å². The fourth-order valence-electron chi connectivity index (χ4n) is 2.24. The van der Waals surface area contributed by atoms with Gasteiger partial charge in [-0.15, -0.1) is 0 Å². The zero-order chi connectivity index (χ0) is 15.7. The van der Waals surface area contributed by atoms with Crippen molar-refractivity contribution in [1.29, 1.82) is 0 Å². The van der Waals surface area contributed by atoms with Crippen molar-refractivity contribution in [2.75, 3.05) is 6.61 Å². The maximum absolute atomic E-state index is 12.9. The summed E-state index contributed by atoms with van der Waals surface area (Å²) in [7, 11) is -0.336. The van der Waals surface area contributed by atoms with Crippen LogP contribution in [0.5, 0.6) is 0 Å². The maximum atomic E-state index is 12.9. The fourth-order valence-corrected chi connectivity index (χ4v) is 2.24. The molecule has 0 radical (unpaired) electrons. The van der Waals surface area contributed by atoms with Crippen LogP contribution in [-0.4, -0.2) is 30.0 Å². The van der Waals surface area contributed by atoms with E-state index >= 15 is 0 Å². The number of halogens is 1. The van der Waals surface area contributed by atoms with Gasteiger partial charge in [0, 0.05) is 6.32 Å². The molecule has 0 bridgehead atoms. The summed E-state index contributed by atoms with van der Waals surface area (Å²) >= 11 is 0. The van der Waals surface area contributed by atoms with Gasteiger partial charge in [-0.2, -0.15) is 0 Å². The molecule has 1 aliphatic rings. The first kappa shape index (κ1) is 16.2. The van der Waals surface area contributed by atoms with Crippen LogP contribution in [0.3, 0.4) is 0 Å². The summed E-state index contributed by atoms with van der Waals surface area (Å²) in [5.74, 6) is -0.290. The number of aliphatic hydroxyl groups is 1. The van der Waals surface area contributed by atoms with Crippen LogP contribution in [0.2, 0.25) is 6.32 Å². The second kappa shape index (κ2) is 5.91. The highest BCUT2D eigenvalue weighted by Gasteiger charge is 2.50. The Bertz CT molecular complexity index is 507. The number of allylic oxidation sites excluding steroid dienone is 1. The van der Waals surface area contributed by atoms with Gasteiger partial charge in [0.25, 0.3) is 0 Å². The van der Waals surface area contributed by atoms with E-state index in [0.717, 1.165) is 11.1 Å². The van der Waals surface area contributed by atoms with Gasteiger partial charge in [-0.3, -0.25) is 0 Å². The summed E-state index contributed by atoms with van der Waals surface area (Å²) in [5.41, 5.74) is 0.821. The minimum absolute atomic E-state index is 0.106. The average Bonchev–Trinajstić information content (AvgIpc) is 2.60. The van der Waals surface area contributed by atoms with Crippen molar-refractivity contribution < 1.29 is 18.8 Å². The predicted octanol–water partition coefficient (Wildman–Crippen LogP) is 3.29. The molecule has 1 aliphatic heterocycles. The Balaban J connectivity index is 2.08. The highest BCUT2D eigenvalue weighted by molar-refractivity contribution is 6.46. The Morgan fingerprint density at radius 3 is 2.14 bits per heavy atom. The van der Waals surface area contributed by atoms with Crippen molar-refractivity contribution in [2.45, 2.75) is 45.2 Å². The Kier molecular flexibility index (Phi) is 4.56. The molecule has 0 atom stereocenters. The van der Waals surface area contributed by atoms with Crippen LogP contribution >= 0.6 is 0 Å². The molecular formula is C16H22BFO3. The fraction of sp³-hybridized carbons (Fsp3) is 0.500. The molecule has 2 rings (SSSR count). The quantitative estimate of drug-likeness (QED) is 0.865. The van der Waals surface area contributed by atoms with Crippen molar-refractivity contribution >= 4 is 12.7 Å². The van der Waals surface area contributed by atoms with Gasteiger partial charge in [0.15, 0.2) is 0 Å². The van der Waals surface area contributed by atoms with Crippen LogP contribution < -0.4 is 0 Å². The highest BCUT2D eigenvalue weighted by atomic mass is 19.1. The molecule has 21 heavy (non-hydrogen) atoms. The maximum Gasteiger partial charge on any atom is 0.461 e. The third-order valence-electron chi connectivity index (χ3n) is 4.24. The molecule has 0 aromatic heterocycles. The molecule has 1 N–H and O–H groups in total. The van der Waals surface area contributed by atoms with E-state index in [4.69, 9.17) is 9.31 Å². The van der Waals surface area contributed by atoms with E-state index in [1.54, 1.807) is 12.1 Å². The lowest BCUT2D eigenvalue weighted by Gasteiger charge is -2.32. The lowest BCUT2D eigenvalue weighted by molar-refractivity contribution is 0.00578. The number of hydrogen-bond donors (Lipinski definition) is 1. The molecule has 1 saturated heterocycles. The van der Waals surface area contributed by atoms with Crippen molar-refractivity contribution in [2.24, 2.45) is 0 Å². The van der Waals surface area contributed by atoms with Crippen molar-refractivity contribution in [3.8, 4) is 0 Å². The van der Waals surface area contributed by atoms with E-state index in [2.05, 4.69) is 0 Å². The second-order valence-corrected chi connectivity index (χ2v) is 6.32. The topological polar surface area (TPSA) is 38.7 Å². The third-order valence-corrected chi connectivity index (χ3v) is 4.24. The largest absolute Gasteiger partial charge is 0.461 e. The van der Waals surface area contributed by atoms with E-state index in [9.17, 15) is 9.50 Å². The first-order valence-corrected chi connectivity index (χ1v) is 7.16. The van der Waals surface area contributed by atoms with Gasteiger partial charge in [0.05, 0.1) is 17.8 Å². The van der Waals surface area contributed by atoms with Crippen molar-refractivity contribution in [3.63, 3.8) is 0 Å². The average molecular weight is 292 g/mol. The highest BCUT2D eigenvalue weighted by Crippen LogP contribution is 2.38. The molecule has 1 aromatic rings. The summed E-state index contributed by atoms with van der Waals surface area (Å²) in [6, 6.07) is 6.07. The van der Waals surface area contributed by atoms with Gasteiger partial charge < -0.3 is 14.4 Å². The van der Waals surface area contributed by atoms with Gasteiger partial charge in [0.2, 0.25) is 0 Å². The number of hydrogen-bond acceptors (Lipinski definition) is 3. The monoisotopic (exact) mass is 292 g/mol. The van der Waals surface area contributed by atoms with Gasteiger partial charge in [0.1, 0.15) is 5.82 Å². The SMILES string of the molecule is CC1(C)OB(C/C=C(/CO)c2ccc(F)cc2)OC1(C)C. The molecule has 1 heterocycles. The van der Waals surface area contributed by atoms with Gasteiger partial charge in [-0.05, 0) is 51.0 Å². The summed E-state index contributed by atoms with van der Waals surface area (Å²) in [6.45, 7) is 7.91. The normalized spacial score (nSPS) is 20.9. The van der Waals surface area contributed by atoms with E-state index in [1.807, 2.05) is 33.8 Å². The van der Waals surface area contributed by atoms with Gasteiger partial charge in [-0.1, -0.05) is 18.2 Å². The summed E-state index contributed by atoms with van der Waals surface area (Å²) < 4.78 is 24.7. The number of benzene rings is 1. The molecule has 114 valence electrons. The van der Waals surface area contributed by atoms with Crippen LogP contribution in [0.15, 0.2) is 30.3 Å². The molecule has 0 amide bonds. The van der Waals surface area contributed by atoms with Crippen LogP contribution in [0, 0.1) is 5.82 Å². The first-order valence-electron chi connectivity index (χ1n) is 7.16. The first-order chi connectivity index (χ1) is 9.75. The third kappa shape index (κ3) is 3.54. The van der Waals surface area contributed by atoms with E-state index in [0.29, 0.717) is 6.32 Å². The predicted molar refractivity (Wildman–Crippen MR) is 82.4 cm³/mol. The molecule has 0 spiro atoms. The second-order valence-electron chi connectivity index (χ2n) is 6.32. The van der Waals surface area contributed by atoms with Crippen LogP contribution in [-0.2, 0) is 9.31 Å². The van der Waals surface area contributed by atoms with Crippen LogP contribution in [0.1, 0.15) is 33.3 Å². The summed E-state index contributed by atoms with van der Waals surface area (Å²) in [4.78, 5) is 0. The molecule has 0 unspecified atom stereocenters. The number of aliphatic hydroxyl groups excluding tert-OH is 1. The zero-order valence-electron chi connectivity index (χ0n) is 13.0. The molecule has 1 aromatic carbocycles. The number of rotatable bonds is 4. The molecule has 3 nitrogen and oxygen atoms in total. The van der Waals surface area contributed by atoms with Gasteiger partial charge >= 0.3 is 7.12 Å². The Labute approximate surface area is 125 Å². The standard InChI is InChI=1S/C16H22BFO3/c1-15(2)16(3,4)21-17(20-15)10-9-13(11-19)12-5-7-14(18)8-6-12/h5-9,19H,10-11H2,1-4H3/b13-9-. The molecule has 0 aliphatic carbocycles. The Morgan fingerprint density at radius 2 is 1.67 bits per heavy atom. The summed E-state index contributed by atoms with van der Waals surface area (Å²) in [6.07, 6.45) is 2.43. The molecule has 1 fully saturated rings. The van der Waals surface area contributed by atoms with E-state index < -0.39 is 0 Å². The lowest BCUT2D eigenvalue weighted by Crippen LogP contribution is -2.41. The summed E-state index contributed by atoms with van der Waals surface area (Å²) in [5, 5.41) is 9.48.